The van der Waals surface area contributed by atoms with Crippen molar-refractivity contribution in [2.75, 3.05) is 24.7 Å². The fourth-order valence-corrected chi connectivity index (χ4v) is 1.90. The van der Waals surface area contributed by atoms with E-state index in [1.807, 2.05) is 14.1 Å². The van der Waals surface area contributed by atoms with Crippen LogP contribution in [0.5, 0.6) is 0 Å². The Hall–Kier alpha value is -1.97. The molecule has 1 heterocycles. The molecule has 0 spiro atoms. The van der Waals surface area contributed by atoms with E-state index in [1.54, 1.807) is 6.20 Å². The topological polar surface area (TPSA) is 57.9 Å². The number of nitrogens with one attached hydrogen (secondary N) is 1. The van der Waals surface area contributed by atoms with E-state index in [1.165, 1.54) is 11.1 Å². The molecule has 4 heteroatoms. The zero-order chi connectivity index (χ0) is 12.6. The Bertz CT molecular complexity index is 540. The Morgan fingerprint density at radius 3 is 2.29 bits per heavy atom. The van der Waals surface area contributed by atoms with Gasteiger partial charge in [0.05, 0.1) is 6.20 Å². The lowest BCUT2D eigenvalue weighted by atomic mass is 9.99. The van der Waals surface area contributed by atoms with Crippen molar-refractivity contribution in [1.82, 2.24) is 10.2 Å². The largest absolute Gasteiger partial charge is 0.384 e. The fraction of sp³-hybridized carbons (Fsp3) is 0.308. The number of hydrogen-bond acceptors (Lipinski definition) is 3. The van der Waals surface area contributed by atoms with Crippen LogP contribution in [0.4, 0.5) is 11.5 Å². The van der Waals surface area contributed by atoms with Crippen LogP contribution in [0.25, 0.3) is 11.1 Å². The number of nitrogen functional groups attached to an aromatic ring is 1. The molecule has 17 heavy (non-hydrogen) atoms. The van der Waals surface area contributed by atoms with Gasteiger partial charge in [-0.1, -0.05) is 0 Å². The number of benzene rings is 1. The van der Waals surface area contributed by atoms with Gasteiger partial charge in [0.15, 0.2) is 0 Å². The molecule has 4 nitrogen and oxygen atoms in total. The molecule has 1 aromatic carbocycles. The molecule has 2 aromatic rings. The van der Waals surface area contributed by atoms with Crippen molar-refractivity contribution >= 4 is 11.5 Å². The van der Waals surface area contributed by atoms with Crippen LogP contribution in [0.15, 0.2) is 18.3 Å². The van der Waals surface area contributed by atoms with Gasteiger partial charge in [-0.25, -0.2) is 0 Å². The SMILES string of the molecule is Cc1cc(-c2cn[nH]c2N)c(N(C)C)cc1C. The number of anilines is 2. The smallest absolute Gasteiger partial charge is 0.126 e. The number of aromatic amines is 1. The molecule has 0 aliphatic heterocycles. The number of aryl methyl sites for hydroxylation is 2. The molecule has 0 unspecified atom stereocenters. The van der Waals surface area contributed by atoms with Crippen molar-refractivity contribution in [2.24, 2.45) is 0 Å². The summed E-state index contributed by atoms with van der Waals surface area (Å²) < 4.78 is 0. The molecule has 2 rings (SSSR count). The molecule has 1 aromatic heterocycles. The summed E-state index contributed by atoms with van der Waals surface area (Å²) in [6.07, 6.45) is 1.77. The first kappa shape index (κ1) is 11.5. The number of aromatic nitrogens is 2. The summed E-state index contributed by atoms with van der Waals surface area (Å²) >= 11 is 0. The van der Waals surface area contributed by atoms with E-state index in [0.717, 1.165) is 16.8 Å². The molecule has 0 aliphatic rings. The van der Waals surface area contributed by atoms with Crippen molar-refractivity contribution in [1.29, 1.82) is 0 Å². The molecule has 90 valence electrons. The van der Waals surface area contributed by atoms with Gasteiger partial charge in [0, 0.05) is 30.9 Å². The van der Waals surface area contributed by atoms with Crippen molar-refractivity contribution in [3.8, 4) is 11.1 Å². The maximum Gasteiger partial charge on any atom is 0.126 e. The molecule has 0 saturated heterocycles. The summed E-state index contributed by atoms with van der Waals surface area (Å²) in [6.45, 7) is 4.22. The van der Waals surface area contributed by atoms with E-state index in [2.05, 4.69) is 41.1 Å². The first-order valence-corrected chi connectivity index (χ1v) is 5.58. The lowest BCUT2D eigenvalue weighted by Gasteiger charge is -2.19. The van der Waals surface area contributed by atoms with Gasteiger partial charge in [0.25, 0.3) is 0 Å². The average molecular weight is 230 g/mol. The number of H-pyrrole nitrogens is 1. The Morgan fingerprint density at radius 2 is 1.76 bits per heavy atom. The summed E-state index contributed by atoms with van der Waals surface area (Å²) in [7, 11) is 4.06. The first-order valence-electron chi connectivity index (χ1n) is 5.58. The third-order valence-corrected chi connectivity index (χ3v) is 3.05. The third kappa shape index (κ3) is 1.98. The van der Waals surface area contributed by atoms with Crippen LogP contribution < -0.4 is 10.6 Å². The van der Waals surface area contributed by atoms with E-state index in [-0.39, 0.29) is 0 Å². The highest BCUT2D eigenvalue weighted by Crippen LogP contribution is 2.34. The summed E-state index contributed by atoms with van der Waals surface area (Å²) in [5.41, 5.74) is 11.7. The number of nitrogens with zero attached hydrogens (tertiary/aromatic N) is 2. The third-order valence-electron chi connectivity index (χ3n) is 3.05. The highest BCUT2D eigenvalue weighted by atomic mass is 15.1. The van der Waals surface area contributed by atoms with Crippen molar-refractivity contribution in [2.45, 2.75) is 13.8 Å². The summed E-state index contributed by atoms with van der Waals surface area (Å²) in [4.78, 5) is 2.09. The normalized spacial score (nSPS) is 10.6. The monoisotopic (exact) mass is 230 g/mol. The lowest BCUT2D eigenvalue weighted by Crippen LogP contribution is -2.10. The molecule has 0 atom stereocenters. The number of nitrogens with two attached hydrogens (primary N) is 1. The van der Waals surface area contributed by atoms with Gasteiger partial charge in [0.2, 0.25) is 0 Å². The van der Waals surface area contributed by atoms with E-state index in [0.29, 0.717) is 5.82 Å². The van der Waals surface area contributed by atoms with Gasteiger partial charge in [0.1, 0.15) is 5.82 Å². The second-order valence-corrected chi connectivity index (χ2v) is 4.55. The fourth-order valence-electron chi connectivity index (χ4n) is 1.90. The summed E-state index contributed by atoms with van der Waals surface area (Å²) in [5, 5.41) is 6.76. The van der Waals surface area contributed by atoms with Crippen LogP contribution >= 0.6 is 0 Å². The Balaban J connectivity index is 2.68. The molecular formula is C13H18N4. The zero-order valence-electron chi connectivity index (χ0n) is 10.7. The van der Waals surface area contributed by atoms with Crippen LogP contribution in [0, 0.1) is 13.8 Å². The molecule has 0 aliphatic carbocycles. The van der Waals surface area contributed by atoms with Crippen LogP contribution in [-0.4, -0.2) is 24.3 Å². The predicted octanol–water partition coefficient (Wildman–Crippen LogP) is 2.34. The Morgan fingerprint density at radius 1 is 1.12 bits per heavy atom. The van der Waals surface area contributed by atoms with Gasteiger partial charge >= 0.3 is 0 Å². The minimum absolute atomic E-state index is 0.608. The van der Waals surface area contributed by atoms with Gasteiger partial charge in [-0.15, -0.1) is 0 Å². The van der Waals surface area contributed by atoms with Crippen LogP contribution in [-0.2, 0) is 0 Å². The summed E-state index contributed by atoms with van der Waals surface area (Å²) in [5.74, 6) is 0.608. The Labute approximate surface area is 101 Å². The molecule has 0 fully saturated rings. The molecular weight excluding hydrogens is 212 g/mol. The average Bonchev–Trinajstić information content (AvgIpc) is 2.67. The minimum atomic E-state index is 0.608. The van der Waals surface area contributed by atoms with Crippen LogP contribution in [0.3, 0.4) is 0 Å². The molecule has 0 saturated carbocycles. The molecule has 0 amide bonds. The predicted molar refractivity (Wildman–Crippen MR) is 72.2 cm³/mol. The standard InChI is InChI=1S/C13H18N4/c1-8-5-10(11-7-15-16-13(11)14)12(17(3)4)6-9(8)2/h5-7H,1-4H3,(H3,14,15,16). The van der Waals surface area contributed by atoms with E-state index < -0.39 is 0 Å². The Kier molecular flexibility index (Phi) is 2.79. The number of rotatable bonds is 2. The second-order valence-electron chi connectivity index (χ2n) is 4.55. The first-order chi connectivity index (χ1) is 8.00. The van der Waals surface area contributed by atoms with Gasteiger partial charge < -0.3 is 10.6 Å². The van der Waals surface area contributed by atoms with E-state index in [9.17, 15) is 0 Å². The van der Waals surface area contributed by atoms with E-state index >= 15 is 0 Å². The van der Waals surface area contributed by atoms with Gasteiger partial charge in [-0.05, 0) is 37.1 Å². The van der Waals surface area contributed by atoms with Gasteiger partial charge in [-0.2, -0.15) is 5.10 Å². The molecule has 0 radical (unpaired) electrons. The van der Waals surface area contributed by atoms with Crippen LogP contribution in [0.1, 0.15) is 11.1 Å². The summed E-state index contributed by atoms with van der Waals surface area (Å²) in [6, 6.07) is 4.34. The number of hydrogen-bond donors (Lipinski definition) is 2. The maximum atomic E-state index is 5.89. The molecule has 3 N–H and O–H groups in total. The van der Waals surface area contributed by atoms with Crippen molar-refractivity contribution < 1.29 is 0 Å². The van der Waals surface area contributed by atoms with Gasteiger partial charge in [-0.3, -0.25) is 5.10 Å². The maximum absolute atomic E-state index is 5.89. The molecule has 0 bridgehead atoms. The van der Waals surface area contributed by atoms with Crippen molar-refractivity contribution in [3.05, 3.63) is 29.5 Å². The highest BCUT2D eigenvalue weighted by Gasteiger charge is 2.12. The zero-order valence-corrected chi connectivity index (χ0v) is 10.7. The lowest BCUT2D eigenvalue weighted by molar-refractivity contribution is 1.10. The van der Waals surface area contributed by atoms with Crippen molar-refractivity contribution in [3.63, 3.8) is 0 Å². The highest BCUT2D eigenvalue weighted by molar-refractivity contribution is 5.84. The van der Waals surface area contributed by atoms with Crippen LogP contribution in [0.2, 0.25) is 0 Å². The second kappa shape index (κ2) is 4.13. The quantitative estimate of drug-likeness (QED) is 0.832. The van der Waals surface area contributed by atoms with E-state index in [4.69, 9.17) is 5.73 Å². The minimum Gasteiger partial charge on any atom is -0.384 e.